The lowest BCUT2D eigenvalue weighted by Gasteiger charge is -2.27. The third-order valence-electron chi connectivity index (χ3n) is 3.64. The Hall–Kier alpha value is -1.86. The monoisotopic (exact) mass is 344 g/mol. The van der Waals surface area contributed by atoms with Crippen LogP contribution in [0.15, 0.2) is 24.3 Å². The molecule has 2 aromatic rings. The molecule has 0 spiro atoms. The molecule has 0 atom stereocenters. The topological polar surface area (TPSA) is 42.4 Å². The van der Waals surface area contributed by atoms with E-state index in [9.17, 15) is 18.0 Å². The fourth-order valence-electron chi connectivity index (χ4n) is 2.56. The van der Waals surface area contributed by atoms with Gasteiger partial charge >= 0.3 is 6.18 Å². The van der Waals surface area contributed by atoms with Crippen molar-refractivity contribution in [2.24, 2.45) is 0 Å². The van der Waals surface area contributed by atoms with E-state index in [4.69, 9.17) is 16.3 Å². The highest BCUT2D eigenvalue weighted by atomic mass is 35.5. The number of hydrogen-bond acceptors (Lipinski definition) is 3. The Morgan fingerprint density at radius 1 is 1.26 bits per heavy atom. The number of aromatic nitrogens is 1. The number of fused-ring (bicyclic) bond motifs is 1. The molecule has 0 radical (unpaired) electrons. The van der Waals surface area contributed by atoms with Crippen molar-refractivity contribution in [1.82, 2.24) is 9.88 Å². The molecule has 1 aromatic heterocycles. The summed E-state index contributed by atoms with van der Waals surface area (Å²) in [4.78, 5) is 17.9. The van der Waals surface area contributed by atoms with E-state index >= 15 is 0 Å². The molecule has 0 aliphatic carbocycles. The van der Waals surface area contributed by atoms with Crippen molar-refractivity contribution >= 4 is 28.4 Å². The summed E-state index contributed by atoms with van der Waals surface area (Å²) < 4.78 is 44.6. The molecule has 0 N–H and O–H groups in total. The van der Waals surface area contributed by atoms with Gasteiger partial charge in [0.15, 0.2) is 0 Å². The van der Waals surface area contributed by atoms with Crippen molar-refractivity contribution in [3.63, 3.8) is 0 Å². The number of hydrogen-bond donors (Lipinski definition) is 0. The minimum absolute atomic E-state index is 0.119. The van der Waals surface area contributed by atoms with Crippen LogP contribution in [0.4, 0.5) is 13.2 Å². The van der Waals surface area contributed by atoms with Crippen LogP contribution in [0.5, 0.6) is 0 Å². The Morgan fingerprint density at radius 3 is 2.61 bits per heavy atom. The van der Waals surface area contributed by atoms with Gasteiger partial charge in [0, 0.05) is 18.5 Å². The molecule has 8 heteroatoms. The molecule has 1 aliphatic rings. The number of carbonyl (C=O) groups excluding carboxylic acids is 1. The number of alkyl halides is 3. The average Bonchev–Trinajstić information content (AvgIpc) is 2.52. The van der Waals surface area contributed by atoms with Crippen molar-refractivity contribution in [2.75, 3.05) is 26.3 Å². The smallest absolute Gasteiger partial charge is 0.378 e. The van der Waals surface area contributed by atoms with Gasteiger partial charge in [-0.1, -0.05) is 23.7 Å². The minimum atomic E-state index is -4.57. The number of nitrogens with zero attached hydrogens (tertiary/aromatic N) is 2. The van der Waals surface area contributed by atoms with Crippen LogP contribution < -0.4 is 0 Å². The Kier molecular flexibility index (Phi) is 4.16. The maximum absolute atomic E-state index is 13.1. The predicted molar refractivity (Wildman–Crippen MR) is 78.5 cm³/mol. The normalized spacial score (nSPS) is 15.9. The quantitative estimate of drug-likeness (QED) is 0.745. The van der Waals surface area contributed by atoms with Crippen molar-refractivity contribution in [3.8, 4) is 0 Å². The summed E-state index contributed by atoms with van der Waals surface area (Å²) in [6.45, 7) is 1.57. The van der Waals surface area contributed by atoms with Crippen LogP contribution >= 0.6 is 11.6 Å². The summed E-state index contributed by atoms with van der Waals surface area (Å²) in [5, 5.41) is -0.00785. The number of carbonyl (C=O) groups is 1. The van der Waals surface area contributed by atoms with Gasteiger partial charge in [-0.3, -0.25) is 4.79 Å². The molecule has 1 saturated heterocycles. The largest absolute Gasteiger partial charge is 0.418 e. The highest BCUT2D eigenvalue weighted by Crippen LogP contribution is 2.35. The number of para-hydroxylation sites is 1. The third kappa shape index (κ3) is 3.11. The van der Waals surface area contributed by atoms with Gasteiger partial charge in [0.1, 0.15) is 5.15 Å². The molecule has 4 nitrogen and oxygen atoms in total. The Balaban J connectivity index is 2.16. The fraction of sp³-hybridized carbons (Fsp3) is 0.333. The number of rotatable bonds is 1. The molecule has 23 heavy (non-hydrogen) atoms. The first kappa shape index (κ1) is 16.0. The molecule has 2 heterocycles. The second-order valence-corrected chi connectivity index (χ2v) is 5.48. The first-order valence-corrected chi connectivity index (χ1v) is 7.29. The van der Waals surface area contributed by atoms with E-state index in [2.05, 4.69) is 4.98 Å². The zero-order valence-corrected chi connectivity index (χ0v) is 12.6. The molecular formula is C15H12ClF3N2O2. The van der Waals surface area contributed by atoms with E-state index in [1.165, 1.54) is 23.1 Å². The Morgan fingerprint density at radius 2 is 1.96 bits per heavy atom. The lowest BCUT2D eigenvalue weighted by Crippen LogP contribution is -2.40. The van der Waals surface area contributed by atoms with Crippen LogP contribution in [-0.4, -0.2) is 42.1 Å². The van der Waals surface area contributed by atoms with Crippen molar-refractivity contribution in [2.45, 2.75) is 6.18 Å². The van der Waals surface area contributed by atoms with Gasteiger partial charge in [0.25, 0.3) is 5.91 Å². The maximum Gasteiger partial charge on any atom is 0.418 e. The molecule has 0 bridgehead atoms. The standard InChI is InChI=1S/C15H12ClF3N2O2/c16-12-8-10(14(22)21-4-6-23-7-5-21)9-2-1-3-11(13(9)20-12)15(17,18)19/h1-3,8H,4-7H2. The summed E-state index contributed by atoms with van der Waals surface area (Å²) in [6.07, 6.45) is -4.57. The van der Waals surface area contributed by atoms with Gasteiger partial charge in [-0.05, 0) is 12.1 Å². The van der Waals surface area contributed by atoms with Crippen LogP contribution in [0.1, 0.15) is 15.9 Å². The number of morpholine rings is 1. The van der Waals surface area contributed by atoms with E-state index in [1.807, 2.05) is 0 Å². The SMILES string of the molecule is O=C(c1cc(Cl)nc2c(C(F)(F)F)cccc12)N1CCOCC1. The second-order valence-electron chi connectivity index (χ2n) is 5.10. The number of halogens is 4. The van der Waals surface area contributed by atoms with Crippen LogP contribution in [0, 0.1) is 0 Å². The van der Waals surface area contributed by atoms with Crippen molar-refractivity contribution in [1.29, 1.82) is 0 Å². The van der Waals surface area contributed by atoms with E-state index in [-0.39, 0.29) is 27.5 Å². The predicted octanol–water partition coefficient (Wildman–Crippen LogP) is 3.38. The van der Waals surface area contributed by atoms with Gasteiger partial charge in [0.05, 0.1) is 29.9 Å². The van der Waals surface area contributed by atoms with Crippen LogP contribution in [0.2, 0.25) is 5.15 Å². The lowest BCUT2D eigenvalue weighted by atomic mass is 10.0. The van der Waals surface area contributed by atoms with Crippen LogP contribution in [0.25, 0.3) is 10.9 Å². The summed E-state index contributed by atoms with van der Waals surface area (Å²) in [5.41, 5.74) is -1.11. The molecule has 1 aliphatic heterocycles. The number of pyridine rings is 1. The summed E-state index contributed by atoms with van der Waals surface area (Å²) in [7, 11) is 0. The first-order valence-electron chi connectivity index (χ1n) is 6.91. The maximum atomic E-state index is 13.1. The van der Waals surface area contributed by atoms with Crippen LogP contribution in [0.3, 0.4) is 0 Å². The van der Waals surface area contributed by atoms with Gasteiger partial charge in [-0.25, -0.2) is 4.98 Å². The summed E-state index contributed by atoms with van der Waals surface area (Å²) in [5.74, 6) is -0.373. The third-order valence-corrected chi connectivity index (χ3v) is 3.84. The van der Waals surface area contributed by atoms with Gasteiger partial charge in [0.2, 0.25) is 0 Å². The summed E-state index contributed by atoms with van der Waals surface area (Å²) >= 11 is 5.85. The van der Waals surface area contributed by atoms with E-state index in [1.54, 1.807) is 0 Å². The molecule has 3 rings (SSSR count). The van der Waals surface area contributed by atoms with Crippen molar-refractivity contribution < 1.29 is 22.7 Å². The highest BCUT2D eigenvalue weighted by molar-refractivity contribution is 6.30. The van der Waals surface area contributed by atoms with Crippen LogP contribution in [-0.2, 0) is 10.9 Å². The van der Waals surface area contributed by atoms with E-state index in [0.717, 1.165) is 6.07 Å². The van der Waals surface area contributed by atoms with E-state index in [0.29, 0.717) is 26.3 Å². The molecule has 1 aromatic carbocycles. The van der Waals surface area contributed by atoms with Gasteiger partial charge in [-0.2, -0.15) is 13.2 Å². The Labute approximate surface area is 134 Å². The van der Waals surface area contributed by atoms with Gasteiger partial charge < -0.3 is 9.64 Å². The lowest BCUT2D eigenvalue weighted by molar-refractivity contribution is -0.136. The highest BCUT2D eigenvalue weighted by Gasteiger charge is 2.34. The number of ether oxygens (including phenoxy) is 1. The number of amides is 1. The first-order chi connectivity index (χ1) is 10.9. The molecule has 1 fully saturated rings. The van der Waals surface area contributed by atoms with Crippen molar-refractivity contribution in [3.05, 3.63) is 40.5 Å². The molecule has 122 valence electrons. The average molecular weight is 345 g/mol. The molecule has 0 unspecified atom stereocenters. The van der Waals surface area contributed by atoms with Gasteiger partial charge in [-0.15, -0.1) is 0 Å². The fourth-order valence-corrected chi connectivity index (χ4v) is 2.75. The minimum Gasteiger partial charge on any atom is -0.378 e. The van der Waals surface area contributed by atoms with E-state index < -0.39 is 11.7 Å². The molecule has 1 amide bonds. The zero-order valence-electron chi connectivity index (χ0n) is 11.9. The number of benzene rings is 1. The molecular weight excluding hydrogens is 333 g/mol. The summed E-state index contributed by atoms with van der Waals surface area (Å²) in [6, 6.07) is 4.94. The molecule has 0 saturated carbocycles. The second kappa shape index (κ2) is 5.98. The Bertz CT molecular complexity index is 758. The zero-order chi connectivity index (χ0) is 16.6.